The fourth-order valence-electron chi connectivity index (χ4n) is 1.42. The van der Waals surface area contributed by atoms with Crippen molar-refractivity contribution < 1.29 is 0 Å². The molecule has 0 unspecified atom stereocenters. The van der Waals surface area contributed by atoms with Crippen LogP contribution in [0.3, 0.4) is 0 Å². The van der Waals surface area contributed by atoms with Crippen LogP contribution in [0, 0.1) is 6.92 Å². The first kappa shape index (κ1) is 12.3. The highest BCUT2D eigenvalue weighted by Gasteiger charge is 2.08. The van der Waals surface area contributed by atoms with Gasteiger partial charge in [0.15, 0.2) is 0 Å². The van der Waals surface area contributed by atoms with Gasteiger partial charge in [-0.1, -0.05) is 0 Å². The molecule has 0 saturated carbocycles. The predicted molar refractivity (Wildman–Crippen MR) is 70.5 cm³/mol. The Balaban J connectivity index is 2.14. The summed E-state index contributed by atoms with van der Waals surface area (Å²) in [6.07, 6.45) is 1.78. The average Bonchev–Trinajstić information content (AvgIpc) is 2.81. The molecular weight excluding hydrogens is 256 g/mol. The Morgan fingerprint density at radius 1 is 1.41 bits per heavy atom. The number of alkyl halides is 1. The molecule has 2 rings (SSSR count). The Hall–Kier alpha value is -1.20. The molecule has 0 N–H and O–H groups in total. The van der Waals surface area contributed by atoms with E-state index in [-0.39, 0.29) is 0 Å². The van der Waals surface area contributed by atoms with Crippen LogP contribution in [0.1, 0.15) is 17.0 Å². The highest BCUT2D eigenvalue weighted by molar-refractivity contribution is 7.07. The lowest BCUT2D eigenvalue weighted by Crippen LogP contribution is -2.19. The van der Waals surface area contributed by atoms with Gasteiger partial charge in [-0.15, -0.1) is 22.9 Å². The number of rotatable bonds is 4. The van der Waals surface area contributed by atoms with E-state index in [1.165, 1.54) is 0 Å². The summed E-state index contributed by atoms with van der Waals surface area (Å²) in [6.45, 7) is 2.66. The highest BCUT2D eigenvalue weighted by atomic mass is 35.5. The number of thiazole rings is 1. The Bertz CT molecular complexity index is 486. The zero-order valence-electron chi connectivity index (χ0n) is 9.72. The first-order valence-electron chi connectivity index (χ1n) is 5.17. The van der Waals surface area contributed by atoms with Crippen LogP contribution in [0.15, 0.2) is 17.1 Å². The largest absolute Gasteiger partial charge is 0.338 e. The number of halogens is 1. The lowest BCUT2D eigenvalue weighted by atomic mass is 10.3. The third-order valence-electron chi connectivity index (χ3n) is 2.44. The second kappa shape index (κ2) is 5.42. The smallest absolute Gasteiger partial charge is 0.225 e. The van der Waals surface area contributed by atoms with Crippen LogP contribution in [0.2, 0.25) is 0 Å². The molecule has 0 aliphatic heterocycles. The van der Waals surface area contributed by atoms with Crippen molar-refractivity contribution >= 4 is 28.9 Å². The van der Waals surface area contributed by atoms with E-state index in [2.05, 4.69) is 15.0 Å². The van der Waals surface area contributed by atoms with Crippen molar-refractivity contribution in [2.75, 3.05) is 11.9 Å². The van der Waals surface area contributed by atoms with Gasteiger partial charge in [-0.3, -0.25) is 0 Å². The maximum absolute atomic E-state index is 5.78. The standard InChI is InChI=1S/C11H13ClN4S/c1-8-9(3-12)4-13-11(15-8)16(2)5-10-6-17-7-14-10/h4,6-7H,3,5H2,1-2H3. The van der Waals surface area contributed by atoms with Gasteiger partial charge in [-0.05, 0) is 6.92 Å². The van der Waals surface area contributed by atoms with Crippen LogP contribution in [-0.4, -0.2) is 22.0 Å². The summed E-state index contributed by atoms with van der Waals surface area (Å²) >= 11 is 7.37. The van der Waals surface area contributed by atoms with Crippen LogP contribution < -0.4 is 4.90 Å². The average molecular weight is 269 g/mol. The van der Waals surface area contributed by atoms with E-state index in [4.69, 9.17) is 11.6 Å². The van der Waals surface area contributed by atoms with E-state index in [9.17, 15) is 0 Å². The van der Waals surface area contributed by atoms with Gasteiger partial charge < -0.3 is 4.90 Å². The third kappa shape index (κ3) is 2.92. The first-order chi connectivity index (χ1) is 8.20. The van der Waals surface area contributed by atoms with E-state index >= 15 is 0 Å². The van der Waals surface area contributed by atoms with Gasteiger partial charge in [-0.25, -0.2) is 15.0 Å². The zero-order chi connectivity index (χ0) is 12.3. The van der Waals surface area contributed by atoms with Gasteiger partial charge in [0.2, 0.25) is 5.95 Å². The summed E-state index contributed by atoms with van der Waals surface area (Å²) in [5.74, 6) is 1.14. The number of hydrogen-bond acceptors (Lipinski definition) is 5. The van der Waals surface area contributed by atoms with Gasteiger partial charge in [0.05, 0.1) is 23.6 Å². The van der Waals surface area contributed by atoms with Crippen LogP contribution in [0.5, 0.6) is 0 Å². The molecule has 0 saturated heterocycles. The topological polar surface area (TPSA) is 41.9 Å². The predicted octanol–water partition coefficient (Wildman–Crippen LogP) is 2.62. The van der Waals surface area contributed by atoms with Crippen LogP contribution >= 0.6 is 22.9 Å². The minimum absolute atomic E-state index is 0.446. The number of anilines is 1. The monoisotopic (exact) mass is 268 g/mol. The van der Waals surface area contributed by atoms with Crippen molar-refractivity contribution in [3.05, 3.63) is 34.0 Å². The minimum Gasteiger partial charge on any atom is -0.338 e. The van der Waals surface area contributed by atoms with Crippen molar-refractivity contribution in [1.29, 1.82) is 0 Å². The van der Waals surface area contributed by atoms with E-state index in [1.54, 1.807) is 17.5 Å². The number of aryl methyl sites for hydroxylation is 1. The second-order valence-electron chi connectivity index (χ2n) is 3.75. The minimum atomic E-state index is 0.446. The van der Waals surface area contributed by atoms with E-state index in [0.717, 1.165) is 17.0 Å². The Morgan fingerprint density at radius 3 is 2.82 bits per heavy atom. The Kier molecular flexibility index (Phi) is 3.91. The fraction of sp³-hybridized carbons (Fsp3) is 0.364. The molecule has 0 fully saturated rings. The van der Waals surface area contributed by atoms with Crippen molar-refractivity contribution in [1.82, 2.24) is 15.0 Å². The molecule has 0 aromatic carbocycles. The highest BCUT2D eigenvalue weighted by Crippen LogP contribution is 2.14. The lowest BCUT2D eigenvalue weighted by molar-refractivity contribution is 0.837. The van der Waals surface area contributed by atoms with Crippen LogP contribution in [0.25, 0.3) is 0 Å². The summed E-state index contributed by atoms with van der Waals surface area (Å²) in [6, 6.07) is 0. The van der Waals surface area contributed by atoms with Crippen molar-refractivity contribution in [3.63, 3.8) is 0 Å². The van der Waals surface area contributed by atoms with E-state index in [0.29, 0.717) is 18.4 Å². The van der Waals surface area contributed by atoms with Crippen molar-refractivity contribution in [2.24, 2.45) is 0 Å². The fourth-order valence-corrected chi connectivity index (χ4v) is 2.24. The van der Waals surface area contributed by atoms with Gasteiger partial charge in [0.25, 0.3) is 0 Å². The van der Waals surface area contributed by atoms with E-state index in [1.807, 2.05) is 29.8 Å². The summed E-state index contributed by atoms with van der Waals surface area (Å²) in [5, 5.41) is 2.02. The number of hydrogen-bond donors (Lipinski definition) is 0. The second-order valence-corrected chi connectivity index (χ2v) is 4.74. The first-order valence-corrected chi connectivity index (χ1v) is 6.65. The molecule has 2 aromatic heterocycles. The zero-order valence-corrected chi connectivity index (χ0v) is 11.3. The molecule has 0 aliphatic carbocycles. The normalized spacial score (nSPS) is 10.5. The van der Waals surface area contributed by atoms with Gasteiger partial charge in [0, 0.05) is 29.9 Å². The Labute approximate surface area is 109 Å². The summed E-state index contributed by atoms with van der Waals surface area (Å²) < 4.78 is 0. The van der Waals surface area contributed by atoms with Crippen LogP contribution in [0.4, 0.5) is 5.95 Å². The Morgan fingerprint density at radius 2 is 2.24 bits per heavy atom. The lowest BCUT2D eigenvalue weighted by Gasteiger charge is -2.16. The molecule has 0 atom stereocenters. The van der Waals surface area contributed by atoms with E-state index < -0.39 is 0 Å². The molecular formula is C11H13ClN4S. The summed E-state index contributed by atoms with van der Waals surface area (Å²) in [5.41, 5.74) is 4.75. The molecule has 17 heavy (non-hydrogen) atoms. The summed E-state index contributed by atoms with van der Waals surface area (Å²) in [4.78, 5) is 14.9. The molecule has 6 heteroatoms. The maximum atomic E-state index is 5.78. The van der Waals surface area contributed by atoms with Crippen molar-refractivity contribution in [2.45, 2.75) is 19.3 Å². The molecule has 0 radical (unpaired) electrons. The molecule has 0 aliphatic rings. The summed E-state index contributed by atoms with van der Waals surface area (Å²) in [7, 11) is 1.95. The molecule has 2 aromatic rings. The quantitative estimate of drug-likeness (QED) is 0.800. The van der Waals surface area contributed by atoms with Crippen molar-refractivity contribution in [3.8, 4) is 0 Å². The van der Waals surface area contributed by atoms with Gasteiger partial charge in [-0.2, -0.15) is 0 Å². The molecule has 2 heterocycles. The third-order valence-corrected chi connectivity index (χ3v) is 3.36. The molecule has 90 valence electrons. The SMILES string of the molecule is Cc1nc(N(C)Cc2cscn2)ncc1CCl. The maximum Gasteiger partial charge on any atom is 0.225 e. The molecule has 0 amide bonds. The molecule has 0 spiro atoms. The molecule has 0 bridgehead atoms. The number of aromatic nitrogens is 3. The van der Waals surface area contributed by atoms with Gasteiger partial charge >= 0.3 is 0 Å². The van der Waals surface area contributed by atoms with Gasteiger partial charge in [0.1, 0.15) is 0 Å². The number of nitrogens with zero attached hydrogens (tertiary/aromatic N) is 4. The van der Waals surface area contributed by atoms with Crippen LogP contribution in [-0.2, 0) is 12.4 Å². The molecule has 4 nitrogen and oxygen atoms in total.